The second-order valence-corrected chi connectivity index (χ2v) is 4.30. The highest BCUT2D eigenvalue weighted by atomic mass is 15.2. The molecule has 84 valence electrons. The van der Waals surface area contributed by atoms with Gasteiger partial charge in [-0.2, -0.15) is 5.10 Å². The smallest absolute Gasteiger partial charge is 0.153 e. The van der Waals surface area contributed by atoms with Gasteiger partial charge in [0.25, 0.3) is 0 Å². The van der Waals surface area contributed by atoms with Crippen molar-refractivity contribution >= 4 is 5.82 Å². The first-order valence-corrected chi connectivity index (χ1v) is 5.41. The van der Waals surface area contributed by atoms with Crippen LogP contribution in [-0.4, -0.2) is 15.2 Å². The van der Waals surface area contributed by atoms with Crippen LogP contribution in [-0.2, 0) is 6.42 Å². The molecule has 0 saturated carbocycles. The van der Waals surface area contributed by atoms with E-state index in [-0.39, 0.29) is 0 Å². The Labute approximate surface area is 94.9 Å². The second kappa shape index (κ2) is 4.35. The molecule has 0 unspecified atom stereocenters. The van der Waals surface area contributed by atoms with Crippen LogP contribution in [0, 0.1) is 5.92 Å². The predicted molar refractivity (Wildman–Crippen MR) is 64.8 cm³/mol. The van der Waals surface area contributed by atoms with Gasteiger partial charge in [0.2, 0.25) is 0 Å². The van der Waals surface area contributed by atoms with Crippen molar-refractivity contribution < 1.29 is 0 Å². The molecule has 2 heterocycles. The number of pyridine rings is 1. The Balaban J connectivity index is 2.43. The van der Waals surface area contributed by atoms with E-state index in [2.05, 4.69) is 29.0 Å². The first-order valence-electron chi connectivity index (χ1n) is 5.41. The quantitative estimate of drug-likeness (QED) is 0.826. The number of nitrogens with zero attached hydrogens (tertiary/aromatic N) is 2. The van der Waals surface area contributed by atoms with Crippen LogP contribution in [0.2, 0.25) is 0 Å². The van der Waals surface area contributed by atoms with Crippen LogP contribution in [0.15, 0.2) is 24.5 Å². The molecule has 0 aliphatic rings. The molecular weight excluding hydrogens is 200 g/mol. The highest BCUT2D eigenvalue weighted by Gasteiger charge is 2.13. The van der Waals surface area contributed by atoms with Gasteiger partial charge in [0, 0.05) is 29.2 Å². The molecule has 0 spiro atoms. The lowest BCUT2D eigenvalue weighted by Gasteiger charge is -2.06. The van der Waals surface area contributed by atoms with E-state index in [4.69, 9.17) is 5.73 Å². The van der Waals surface area contributed by atoms with Crippen LogP contribution < -0.4 is 5.73 Å². The van der Waals surface area contributed by atoms with Crippen molar-refractivity contribution in [3.8, 4) is 11.1 Å². The van der Waals surface area contributed by atoms with Crippen molar-refractivity contribution in [3.63, 3.8) is 0 Å². The van der Waals surface area contributed by atoms with E-state index >= 15 is 0 Å². The van der Waals surface area contributed by atoms with Gasteiger partial charge in [-0.1, -0.05) is 19.9 Å². The van der Waals surface area contributed by atoms with Crippen LogP contribution >= 0.6 is 0 Å². The summed E-state index contributed by atoms with van der Waals surface area (Å²) in [4.78, 5) is 4.10. The lowest BCUT2D eigenvalue weighted by Crippen LogP contribution is -1.97. The molecule has 2 rings (SSSR count). The molecule has 0 aromatic carbocycles. The zero-order valence-corrected chi connectivity index (χ0v) is 9.57. The summed E-state index contributed by atoms with van der Waals surface area (Å²) in [5.41, 5.74) is 8.97. The monoisotopic (exact) mass is 216 g/mol. The second-order valence-electron chi connectivity index (χ2n) is 4.30. The number of rotatable bonds is 3. The van der Waals surface area contributed by atoms with Gasteiger partial charge in [0.05, 0.1) is 0 Å². The molecule has 2 aromatic heterocycles. The SMILES string of the molecule is CC(C)Cc1[nH]nc(N)c1-c1cccnc1. The standard InChI is InChI=1S/C12H16N4/c1-8(2)6-10-11(12(13)16-15-10)9-4-3-5-14-7-9/h3-5,7-8H,6H2,1-2H3,(H3,13,15,16). The van der Waals surface area contributed by atoms with Gasteiger partial charge in [-0.3, -0.25) is 10.1 Å². The van der Waals surface area contributed by atoms with Crippen LogP contribution in [0.5, 0.6) is 0 Å². The number of aromatic amines is 1. The van der Waals surface area contributed by atoms with Crippen LogP contribution in [0.4, 0.5) is 5.82 Å². The normalized spacial score (nSPS) is 10.9. The van der Waals surface area contributed by atoms with E-state index in [1.807, 2.05) is 18.3 Å². The van der Waals surface area contributed by atoms with Crippen LogP contribution in [0.25, 0.3) is 11.1 Å². The zero-order chi connectivity index (χ0) is 11.5. The number of hydrogen-bond acceptors (Lipinski definition) is 3. The average Bonchev–Trinajstić information content (AvgIpc) is 2.60. The van der Waals surface area contributed by atoms with Gasteiger partial charge >= 0.3 is 0 Å². The molecule has 4 nitrogen and oxygen atoms in total. The summed E-state index contributed by atoms with van der Waals surface area (Å²) in [6, 6.07) is 3.90. The fourth-order valence-corrected chi connectivity index (χ4v) is 1.78. The molecule has 0 amide bonds. The Morgan fingerprint density at radius 3 is 2.88 bits per heavy atom. The van der Waals surface area contributed by atoms with E-state index in [9.17, 15) is 0 Å². The minimum absolute atomic E-state index is 0.545. The van der Waals surface area contributed by atoms with Gasteiger partial charge in [-0.15, -0.1) is 0 Å². The first-order chi connectivity index (χ1) is 7.68. The first kappa shape index (κ1) is 10.7. The molecule has 0 radical (unpaired) electrons. The largest absolute Gasteiger partial charge is 0.382 e. The zero-order valence-electron chi connectivity index (χ0n) is 9.57. The van der Waals surface area contributed by atoms with Crippen molar-refractivity contribution in [2.45, 2.75) is 20.3 Å². The van der Waals surface area contributed by atoms with Crippen molar-refractivity contribution in [1.82, 2.24) is 15.2 Å². The number of nitrogen functional groups attached to an aromatic ring is 1. The molecule has 0 bridgehead atoms. The molecule has 0 aliphatic heterocycles. The molecule has 2 aromatic rings. The minimum atomic E-state index is 0.545. The Morgan fingerprint density at radius 1 is 1.44 bits per heavy atom. The summed E-state index contributed by atoms with van der Waals surface area (Å²) < 4.78 is 0. The Bertz CT molecular complexity index is 459. The lowest BCUT2D eigenvalue weighted by atomic mass is 10.0. The van der Waals surface area contributed by atoms with E-state index in [0.29, 0.717) is 11.7 Å². The molecule has 0 atom stereocenters. The van der Waals surface area contributed by atoms with E-state index in [1.165, 1.54) is 0 Å². The highest BCUT2D eigenvalue weighted by molar-refractivity contribution is 5.75. The third kappa shape index (κ3) is 2.05. The topological polar surface area (TPSA) is 67.6 Å². The Hall–Kier alpha value is -1.84. The maximum absolute atomic E-state index is 5.88. The van der Waals surface area contributed by atoms with E-state index in [0.717, 1.165) is 23.2 Å². The maximum atomic E-state index is 5.88. The summed E-state index contributed by atoms with van der Waals surface area (Å²) in [5.74, 6) is 1.11. The summed E-state index contributed by atoms with van der Waals surface area (Å²) >= 11 is 0. The number of nitrogens with one attached hydrogen (secondary N) is 1. The maximum Gasteiger partial charge on any atom is 0.153 e. The molecule has 3 N–H and O–H groups in total. The Kier molecular flexibility index (Phi) is 2.90. The number of nitrogens with two attached hydrogens (primary N) is 1. The number of H-pyrrole nitrogens is 1. The summed E-state index contributed by atoms with van der Waals surface area (Å²) in [7, 11) is 0. The molecule has 4 heteroatoms. The molecule has 0 aliphatic carbocycles. The average molecular weight is 216 g/mol. The van der Waals surface area contributed by atoms with E-state index < -0.39 is 0 Å². The number of aromatic nitrogens is 3. The third-order valence-electron chi connectivity index (χ3n) is 2.43. The summed E-state index contributed by atoms with van der Waals surface area (Å²) in [6.07, 6.45) is 4.50. The highest BCUT2D eigenvalue weighted by Crippen LogP contribution is 2.28. The van der Waals surface area contributed by atoms with Gasteiger partial charge in [-0.05, 0) is 18.4 Å². The number of anilines is 1. The molecule has 16 heavy (non-hydrogen) atoms. The molecule has 0 saturated heterocycles. The lowest BCUT2D eigenvalue weighted by molar-refractivity contribution is 0.634. The van der Waals surface area contributed by atoms with Crippen LogP contribution in [0.3, 0.4) is 0 Å². The van der Waals surface area contributed by atoms with E-state index in [1.54, 1.807) is 6.20 Å². The Morgan fingerprint density at radius 2 is 2.25 bits per heavy atom. The minimum Gasteiger partial charge on any atom is -0.382 e. The molecule has 0 fully saturated rings. The number of hydrogen-bond donors (Lipinski definition) is 2. The van der Waals surface area contributed by atoms with Gasteiger partial charge in [-0.25, -0.2) is 0 Å². The van der Waals surface area contributed by atoms with Crippen molar-refractivity contribution in [2.75, 3.05) is 5.73 Å². The predicted octanol–water partition coefficient (Wildman–Crippen LogP) is 2.25. The van der Waals surface area contributed by atoms with Crippen molar-refractivity contribution in [2.24, 2.45) is 5.92 Å². The van der Waals surface area contributed by atoms with Crippen molar-refractivity contribution in [1.29, 1.82) is 0 Å². The van der Waals surface area contributed by atoms with Gasteiger partial charge in [0.1, 0.15) is 0 Å². The molecular formula is C12H16N4. The third-order valence-corrected chi connectivity index (χ3v) is 2.43. The van der Waals surface area contributed by atoms with Gasteiger partial charge in [0.15, 0.2) is 5.82 Å². The van der Waals surface area contributed by atoms with Crippen molar-refractivity contribution in [3.05, 3.63) is 30.2 Å². The fourth-order valence-electron chi connectivity index (χ4n) is 1.78. The van der Waals surface area contributed by atoms with Crippen LogP contribution in [0.1, 0.15) is 19.5 Å². The summed E-state index contributed by atoms with van der Waals surface area (Å²) in [6.45, 7) is 4.34. The summed E-state index contributed by atoms with van der Waals surface area (Å²) in [5, 5.41) is 7.07. The fraction of sp³-hybridized carbons (Fsp3) is 0.333. The van der Waals surface area contributed by atoms with Gasteiger partial charge < -0.3 is 5.73 Å².